The fourth-order valence-corrected chi connectivity index (χ4v) is 3.29. The van der Waals surface area contributed by atoms with Gasteiger partial charge in [-0.25, -0.2) is 4.98 Å². The molecular weight excluding hydrogens is 383 g/mol. The minimum absolute atomic E-state index is 0. The number of halogens is 2. The molecule has 0 spiro atoms. The Morgan fingerprint density at radius 3 is 2.44 bits per heavy atom. The third-order valence-corrected chi connectivity index (χ3v) is 4.75. The number of benzene rings is 1. The largest absolute Gasteiger partial charge is 0.368 e. The summed E-state index contributed by atoms with van der Waals surface area (Å²) in [5, 5.41) is 6.95. The van der Waals surface area contributed by atoms with Crippen LogP contribution in [0.1, 0.15) is 28.4 Å². The molecule has 0 aliphatic carbocycles. The van der Waals surface area contributed by atoms with Gasteiger partial charge >= 0.3 is 0 Å². The average molecular weight is 413 g/mol. The number of rotatable bonds is 5. The lowest BCUT2D eigenvalue weighted by atomic mass is 10.0. The second-order valence-corrected chi connectivity index (χ2v) is 6.88. The van der Waals surface area contributed by atoms with E-state index in [0.29, 0.717) is 5.95 Å². The summed E-state index contributed by atoms with van der Waals surface area (Å²) in [6, 6.07) is 8.97. The first kappa shape index (κ1) is 23.4. The summed E-state index contributed by atoms with van der Waals surface area (Å²) in [5.41, 5.74) is 10.8. The lowest BCUT2D eigenvalue weighted by Gasteiger charge is -2.26. The topological polar surface area (TPSA) is 79.1 Å². The lowest BCUT2D eigenvalue weighted by molar-refractivity contribution is 0.311. The molecule has 6 nitrogen and oxygen atoms in total. The molecule has 3 rings (SSSR count). The highest BCUT2D eigenvalue weighted by molar-refractivity contribution is 5.85. The number of nitrogens with one attached hydrogen (secondary N) is 2. The minimum atomic E-state index is 0. The van der Waals surface area contributed by atoms with Gasteiger partial charge in [-0.1, -0.05) is 29.8 Å². The molecule has 0 amide bonds. The van der Waals surface area contributed by atoms with Gasteiger partial charge in [0.1, 0.15) is 5.82 Å². The smallest absolute Gasteiger partial charge is 0.222 e. The Hall–Kier alpha value is -1.60. The van der Waals surface area contributed by atoms with Crippen molar-refractivity contribution in [3.8, 4) is 0 Å². The number of aryl methyl sites for hydroxylation is 1. The SMILES string of the molecule is Cc1ccc(C(CNc2nc(N)nc3c2CCNCC3)N(C)C)cc1.Cl.Cl. The Morgan fingerprint density at radius 2 is 1.78 bits per heavy atom. The van der Waals surface area contributed by atoms with Crippen LogP contribution in [-0.4, -0.2) is 48.6 Å². The first-order chi connectivity index (χ1) is 12.0. The summed E-state index contributed by atoms with van der Waals surface area (Å²) >= 11 is 0. The molecule has 1 aromatic carbocycles. The maximum Gasteiger partial charge on any atom is 0.222 e. The fraction of sp³-hybridized carbons (Fsp3) is 0.474. The first-order valence-corrected chi connectivity index (χ1v) is 8.87. The standard InChI is InChI=1S/C19H28N6.2ClH/c1-13-4-6-14(7-5-13)17(25(2)3)12-22-18-15-8-10-21-11-9-16(15)23-19(20)24-18;;/h4-7,17,21H,8-12H2,1-3H3,(H3,20,22,23,24);2*1H. The molecule has 1 aliphatic heterocycles. The van der Waals surface area contributed by atoms with Gasteiger partial charge in [-0.2, -0.15) is 4.98 Å². The highest BCUT2D eigenvalue weighted by atomic mass is 35.5. The Morgan fingerprint density at radius 1 is 1.11 bits per heavy atom. The fourth-order valence-electron chi connectivity index (χ4n) is 3.29. The highest BCUT2D eigenvalue weighted by Crippen LogP contribution is 2.23. The summed E-state index contributed by atoms with van der Waals surface area (Å²) in [5.74, 6) is 1.23. The molecule has 1 aliphatic rings. The summed E-state index contributed by atoms with van der Waals surface area (Å²) < 4.78 is 0. The lowest BCUT2D eigenvalue weighted by Crippen LogP contribution is -2.27. The van der Waals surface area contributed by atoms with E-state index < -0.39 is 0 Å². The molecule has 4 N–H and O–H groups in total. The number of hydrogen-bond donors (Lipinski definition) is 3. The van der Waals surface area contributed by atoms with E-state index in [-0.39, 0.29) is 30.9 Å². The molecular formula is C19H30Cl2N6. The first-order valence-electron chi connectivity index (χ1n) is 8.87. The number of fused-ring (bicyclic) bond motifs is 1. The molecule has 1 unspecified atom stereocenters. The minimum Gasteiger partial charge on any atom is -0.368 e. The molecule has 1 aromatic heterocycles. The van der Waals surface area contributed by atoms with Gasteiger partial charge in [-0.3, -0.25) is 0 Å². The van der Waals surface area contributed by atoms with Gasteiger partial charge in [0.2, 0.25) is 5.95 Å². The van der Waals surface area contributed by atoms with Crippen molar-refractivity contribution in [2.24, 2.45) is 0 Å². The highest BCUT2D eigenvalue weighted by Gasteiger charge is 2.18. The molecule has 27 heavy (non-hydrogen) atoms. The van der Waals surface area contributed by atoms with Crippen molar-refractivity contribution in [3.63, 3.8) is 0 Å². The van der Waals surface area contributed by atoms with Gasteiger partial charge < -0.3 is 21.3 Å². The number of anilines is 2. The third kappa shape index (κ3) is 5.94. The van der Waals surface area contributed by atoms with E-state index in [1.54, 1.807) is 0 Å². The van der Waals surface area contributed by atoms with Crippen LogP contribution in [0.4, 0.5) is 11.8 Å². The van der Waals surface area contributed by atoms with Crippen LogP contribution >= 0.6 is 24.8 Å². The van der Waals surface area contributed by atoms with E-state index in [0.717, 1.165) is 44.0 Å². The maximum absolute atomic E-state index is 5.93. The number of nitrogens with zero attached hydrogens (tertiary/aromatic N) is 3. The average Bonchev–Trinajstić information content (AvgIpc) is 2.81. The van der Waals surface area contributed by atoms with E-state index in [1.165, 1.54) is 16.7 Å². The Balaban J connectivity index is 0.00000182. The molecule has 1 atom stereocenters. The number of nitrogens with two attached hydrogens (primary N) is 1. The van der Waals surface area contributed by atoms with Crippen molar-refractivity contribution in [1.29, 1.82) is 0 Å². The van der Waals surface area contributed by atoms with Crippen LogP contribution in [0.15, 0.2) is 24.3 Å². The van der Waals surface area contributed by atoms with Gasteiger partial charge in [-0.05, 0) is 39.5 Å². The molecule has 0 saturated heterocycles. The molecule has 0 saturated carbocycles. The van der Waals surface area contributed by atoms with Gasteiger partial charge in [0.15, 0.2) is 0 Å². The van der Waals surface area contributed by atoms with E-state index in [1.807, 2.05) is 0 Å². The quantitative estimate of drug-likeness (QED) is 0.700. The Labute approximate surface area is 174 Å². The number of aromatic nitrogens is 2. The predicted octanol–water partition coefficient (Wildman–Crippen LogP) is 2.61. The molecule has 2 heterocycles. The molecule has 150 valence electrons. The zero-order valence-corrected chi connectivity index (χ0v) is 17.8. The number of hydrogen-bond acceptors (Lipinski definition) is 6. The second-order valence-electron chi connectivity index (χ2n) is 6.88. The Bertz CT molecular complexity index is 721. The molecule has 8 heteroatoms. The summed E-state index contributed by atoms with van der Waals surface area (Å²) in [7, 11) is 4.20. The summed E-state index contributed by atoms with van der Waals surface area (Å²) in [6.07, 6.45) is 1.82. The van der Waals surface area contributed by atoms with Crippen molar-refractivity contribution >= 4 is 36.6 Å². The Kier molecular flexibility index (Phi) is 9.26. The second kappa shape index (κ2) is 10.7. The van der Waals surface area contributed by atoms with Gasteiger partial charge in [0.05, 0.1) is 11.7 Å². The monoisotopic (exact) mass is 412 g/mol. The van der Waals surface area contributed by atoms with Crippen molar-refractivity contribution in [1.82, 2.24) is 20.2 Å². The van der Waals surface area contributed by atoms with Gasteiger partial charge in [0, 0.05) is 25.1 Å². The van der Waals surface area contributed by atoms with Crippen molar-refractivity contribution in [3.05, 3.63) is 46.6 Å². The zero-order valence-electron chi connectivity index (χ0n) is 16.2. The molecule has 0 fully saturated rings. The van der Waals surface area contributed by atoms with Crippen LogP contribution in [-0.2, 0) is 12.8 Å². The normalized spacial score (nSPS) is 14.4. The number of nitrogen functional groups attached to an aromatic ring is 1. The van der Waals surface area contributed by atoms with E-state index in [9.17, 15) is 0 Å². The molecule has 0 bridgehead atoms. The van der Waals surface area contributed by atoms with Gasteiger partial charge in [0.25, 0.3) is 0 Å². The van der Waals surface area contributed by atoms with Crippen LogP contribution in [0.3, 0.4) is 0 Å². The van der Waals surface area contributed by atoms with Crippen LogP contribution in [0, 0.1) is 6.92 Å². The zero-order chi connectivity index (χ0) is 17.8. The van der Waals surface area contributed by atoms with Crippen molar-refractivity contribution in [2.45, 2.75) is 25.8 Å². The summed E-state index contributed by atoms with van der Waals surface area (Å²) in [6.45, 7) is 4.77. The van der Waals surface area contributed by atoms with Gasteiger partial charge in [-0.15, -0.1) is 24.8 Å². The van der Waals surface area contributed by atoms with Crippen LogP contribution in [0.5, 0.6) is 0 Å². The molecule has 2 aromatic rings. The van der Waals surface area contributed by atoms with Crippen LogP contribution in [0.25, 0.3) is 0 Å². The summed E-state index contributed by atoms with van der Waals surface area (Å²) in [4.78, 5) is 11.1. The van der Waals surface area contributed by atoms with E-state index >= 15 is 0 Å². The third-order valence-electron chi connectivity index (χ3n) is 4.75. The van der Waals surface area contributed by atoms with E-state index in [2.05, 4.69) is 70.8 Å². The van der Waals surface area contributed by atoms with Crippen LogP contribution in [0.2, 0.25) is 0 Å². The number of likely N-dealkylation sites (N-methyl/N-ethyl adjacent to an activating group) is 1. The predicted molar refractivity (Wildman–Crippen MR) is 117 cm³/mol. The van der Waals surface area contributed by atoms with Crippen molar-refractivity contribution in [2.75, 3.05) is 44.8 Å². The molecule has 0 radical (unpaired) electrons. The van der Waals surface area contributed by atoms with Crippen LogP contribution < -0.4 is 16.4 Å². The maximum atomic E-state index is 5.93. The van der Waals surface area contributed by atoms with E-state index in [4.69, 9.17) is 5.73 Å². The van der Waals surface area contributed by atoms with Crippen molar-refractivity contribution < 1.29 is 0 Å².